The number of ether oxygens (including phenoxy) is 1. The van der Waals surface area contributed by atoms with E-state index in [2.05, 4.69) is 4.72 Å². The largest absolute Gasteiger partial charge is 0.443 e. The van der Waals surface area contributed by atoms with Crippen molar-refractivity contribution < 1.29 is 23.1 Å². The van der Waals surface area contributed by atoms with Gasteiger partial charge in [-0.05, 0) is 43.2 Å². The molecular weight excluding hydrogens is 304 g/mol. The number of carbonyl (C=O) groups excluding carboxylic acids is 1. The van der Waals surface area contributed by atoms with Gasteiger partial charge in [0, 0.05) is 6.54 Å². The third kappa shape index (κ3) is 6.33. The van der Waals surface area contributed by atoms with E-state index in [1.54, 1.807) is 42.3 Å². The lowest BCUT2D eigenvalue weighted by molar-refractivity contribution is 0.0569. The topological polar surface area (TPSA) is 105 Å². The van der Waals surface area contributed by atoms with Crippen molar-refractivity contribution in [2.45, 2.75) is 32.5 Å². The Balaban J connectivity index is 2.48. The molecule has 9 heteroatoms. The normalized spacial score (nSPS) is 13.8. The van der Waals surface area contributed by atoms with Crippen molar-refractivity contribution in [3.8, 4) is 0 Å². The van der Waals surface area contributed by atoms with Gasteiger partial charge in [0.25, 0.3) is 0 Å². The molecule has 1 heterocycles. The van der Waals surface area contributed by atoms with Crippen molar-refractivity contribution in [3.63, 3.8) is 0 Å². The van der Waals surface area contributed by atoms with Gasteiger partial charge < -0.3 is 9.84 Å². The molecule has 3 N–H and O–H groups in total. The van der Waals surface area contributed by atoms with Crippen LogP contribution in [0.5, 0.6) is 0 Å². The van der Waals surface area contributed by atoms with E-state index in [1.807, 2.05) is 0 Å². The van der Waals surface area contributed by atoms with Gasteiger partial charge in [-0.25, -0.2) is 9.52 Å². The van der Waals surface area contributed by atoms with E-state index >= 15 is 0 Å². The number of aliphatic hydroxyl groups is 1. The number of thiophene rings is 1. The number of hydrogen-bond donors (Lipinski definition) is 3. The molecular formula is C11H18N2O5S2. The molecule has 0 radical (unpaired) electrons. The van der Waals surface area contributed by atoms with Gasteiger partial charge in [0.15, 0.2) is 0 Å². The lowest BCUT2D eigenvalue weighted by Crippen LogP contribution is -2.43. The highest BCUT2D eigenvalue weighted by Gasteiger charge is 2.22. The molecule has 7 nitrogen and oxygen atoms in total. The van der Waals surface area contributed by atoms with E-state index in [9.17, 15) is 18.3 Å². The zero-order chi connectivity index (χ0) is 15.4. The lowest BCUT2D eigenvalue weighted by atomic mass is 10.2. The maximum Gasteiger partial charge on any atom is 0.422 e. The summed E-state index contributed by atoms with van der Waals surface area (Å²) in [6.45, 7) is 4.61. The molecule has 0 aliphatic rings. The highest BCUT2D eigenvalue weighted by molar-refractivity contribution is 7.88. The molecule has 1 aromatic rings. The SMILES string of the molecule is CC(C)(C)OC(=O)NS(=O)(=O)NCC(O)c1ccsc1. The molecule has 0 aromatic carbocycles. The van der Waals surface area contributed by atoms with Crippen LogP contribution in [-0.2, 0) is 14.9 Å². The minimum Gasteiger partial charge on any atom is -0.443 e. The number of hydrogen-bond acceptors (Lipinski definition) is 6. The molecule has 0 bridgehead atoms. The second-order valence-electron chi connectivity index (χ2n) is 5.03. The van der Waals surface area contributed by atoms with Crippen molar-refractivity contribution >= 4 is 27.6 Å². The van der Waals surface area contributed by atoms with Gasteiger partial charge in [0.2, 0.25) is 0 Å². The molecule has 0 aliphatic heterocycles. The summed E-state index contributed by atoms with van der Waals surface area (Å²) in [6.07, 6.45) is -2.05. The summed E-state index contributed by atoms with van der Waals surface area (Å²) in [5, 5.41) is 13.2. The van der Waals surface area contributed by atoms with E-state index in [0.717, 1.165) is 0 Å². The molecule has 0 fully saturated rings. The van der Waals surface area contributed by atoms with Crippen molar-refractivity contribution in [1.29, 1.82) is 0 Å². The minimum atomic E-state index is -4.07. The van der Waals surface area contributed by atoms with Crippen molar-refractivity contribution in [2.24, 2.45) is 0 Å². The summed E-state index contributed by atoms with van der Waals surface area (Å²) in [5.41, 5.74) is -0.189. The predicted molar refractivity (Wildman–Crippen MR) is 75.6 cm³/mol. The third-order valence-electron chi connectivity index (χ3n) is 2.01. The average Bonchev–Trinajstić information content (AvgIpc) is 2.75. The fourth-order valence-corrected chi connectivity index (χ4v) is 2.63. The van der Waals surface area contributed by atoms with E-state index < -0.39 is 28.0 Å². The fourth-order valence-electron chi connectivity index (χ4n) is 1.22. The number of amides is 1. The van der Waals surface area contributed by atoms with Gasteiger partial charge >= 0.3 is 16.3 Å². The molecule has 1 rings (SSSR count). The Labute approximate surface area is 122 Å². The summed E-state index contributed by atoms with van der Waals surface area (Å²) in [7, 11) is -4.07. The molecule has 1 amide bonds. The number of carbonyl (C=O) groups is 1. The summed E-state index contributed by atoms with van der Waals surface area (Å²) in [6, 6.07) is 1.69. The van der Waals surface area contributed by atoms with E-state index in [1.165, 1.54) is 11.3 Å². The Morgan fingerprint density at radius 3 is 2.65 bits per heavy atom. The molecule has 0 saturated heterocycles. The van der Waals surface area contributed by atoms with E-state index in [0.29, 0.717) is 5.56 Å². The van der Waals surface area contributed by atoms with Crippen LogP contribution in [-0.4, -0.2) is 31.8 Å². The van der Waals surface area contributed by atoms with Crippen LogP contribution in [0.15, 0.2) is 16.8 Å². The van der Waals surface area contributed by atoms with Gasteiger partial charge in [-0.3, -0.25) is 0 Å². The Kier molecular flexibility index (Phi) is 5.51. The Morgan fingerprint density at radius 1 is 1.50 bits per heavy atom. The smallest absolute Gasteiger partial charge is 0.422 e. The van der Waals surface area contributed by atoms with Crippen LogP contribution < -0.4 is 9.44 Å². The van der Waals surface area contributed by atoms with Crippen molar-refractivity contribution in [1.82, 2.24) is 9.44 Å². The van der Waals surface area contributed by atoms with Gasteiger partial charge in [-0.2, -0.15) is 24.5 Å². The first-order valence-electron chi connectivity index (χ1n) is 5.79. The van der Waals surface area contributed by atoms with Gasteiger partial charge in [-0.1, -0.05) is 0 Å². The summed E-state index contributed by atoms with van der Waals surface area (Å²) < 4.78 is 31.7. The molecule has 1 unspecified atom stereocenters. The van der Waals surface area contributed by atoms with E-state index in [-0.39, 0.29) is 6.54 Å². The van der Waals surface area contributed by atoms with Crippen LogP contribution in [0.3, 0.4) is 0 Å². The van der Waals surface area contributed by atoms with Crippen LogP contribution in [0.4, 0.5) is 4.79 Å². The molecule has 0 spiro atoms. The highest BCUT2D eigenvalue weighted by atomic mass is 32.2. The molecule has 0 saturated carbocycles. The zero-order valence-electron chi connectivity index (χ0n) is 11.4. The number of aliphatic hydroxyl groups excluding tert-OH is 1. The van der Waals surface area contributed by atoms with E-state index in [4.69, 9.17) is 4.74 Å². The molecule has 114 valence electrons. The Morgan fingerprint density at radius 2 is 2.15 bits per heavy atom. The van der Waals surface area contributed by atoms with Gasteiger partial charge in [0.05, 0.1) is 6.10 Å². The maximum atomic E-state index is 11.6. The lowest BCUT2D eigenvalue weighted by Gasteiger charge is -2.19. The van der Waals surface area contributed by atoms with Crippen LogP contribution in [0, 0.1) is 0 Å². The third-order valence-corrected chi connectivity index (χ3v) is 3.69. The number of nitrogens with one attached hydrogen (secondary N) is 2. The van der Waals surface area contributed by atoms with Crippen LogP contribution in [0.25, 0.3) is 0 Å². The standard InChI is InChI=1S/C11H18N2O5S2/c1-11(2,3)18-10(15)13-20(16,17)12-6-9(14)8-4-5-19-7-8/h4-5,7,9,12,14H,6H2,1-3H3,(H,13,15). The van der Waals surface area contributed by atoms with Crippen molar-refractivity contribution in [2.75, 3.05) is 6.54 Å². The second kappa shape index (κ2) is 6.53. The Bertz CT molecular complexity index is 534. The van der Waals surface area contributed by atoms with Gasteiger partial charge in [-0.15, -0.1) is 0 Å². The molecule has 1 aromatic heterocycles. The van der Waals surface area contributed by atoms with Crippen LogP contribution in [0.2, 0.25) is 0 Å². The summed E-state index contributed by atoms with van der Waals surface area (Å²) in [4.78, 5) is 11.3. The summed E-state index contributed by atoms with van der Waals surface area (Å²) in [5.74, 6) is 0. The predicted octanol–water partition coefficient (Wildman–Crippen LogP) is 1.14. The highest BCUT2D eigenvalue weighted by Crippen LogP contribution is 2.15. The molecule has 20 heavy (non-hydrogen) atoms. The van der Waals surface area contributed by atoms with Crippen molar-refractivity contribution in [3.05, 3.63) is 22.4 Å². The second-order valence-corrected chi connectivity index (χ2v) is 7.31. The first-order chi connectivity index (χ1) is 9.09. The maximum absolute atomic E-state index is 11.6. The first-order valence-corrected chi connectivity index (χ1v) is 8.22. The van der Waals surface area contributed by atoms with Gasteiger partial charge in [0.1, 0.15) is 5.60 Å². The summed E-state index contributed by atoms with van der Waals surface area (Å²) >= 11 is 1.39. The average molecular weight is 322 g/mol. The zero-order valence-corrected chi connectivity index (χ0v) is 13.0. The van der Waals surface area contributed by atoms with Crippen LogP contribution >= 0.6 is 11.3 Å². The quantitative estimate of drug-likeness (QED) is 0.754. The first kappa shape index (κ1) is 16.9. The van der Waals surface area contributed by atoms with Crippen LogP contribution in [0.1, 0.15) is 32.4 Å². The monoisotopic (exact) mass is 322 g/mol. The fraction of sp³-hybridized carbons (Fsp3) is 0.545. The minimum absolute atomic E-state index is 0.241. The Hall–Kier alpha value is -1.16. The number of rotatable bonds is 5. The molecule has 0 aliphatic carbocycles. The molecule has 1 atom stereocenters.